The standard InChI is InChI=1S/C32H51N5O7/c1-30(2,3)23(35-29(43)36-24(31(4,5)6)28(42)44-17-10-9-11-17)27(41)37-15-18-20(32(18,7)8)21(37)26(40)34-19(14-16-12-13-16)22(38)25(33)39/h16-21,23-24H,9-15H2,1-8H3,(H2,33,39)(H,34,40)(H2,35,36,43)/t18-,19?,20-,21-,23+,24+/m0/s1. The molecular weight excluding hydrogens is 566 g/mol. The van der Waals surface area contributed by atoms with Crippen molar-refractivity contribution in [1.82, 2.24) is 20.9 Å². The number of nitrogens with one attached hydrogen (secondary N) is 3. The smallest absolute Gasteiger partial charge is 0.329 e. The molecule has 0 aromatic heterocycles. The number of hydrogen-bond donors (Lipinski definition) is 4. The molecule has 0 radical (unpaired) electrons. The van der Waals surface area contributed by atoms with Crippen LogP contribution in [0.25, 0.3) is 0 Å². The van der Waals surface area contributed by atoms with E-state index in [0.717, 1.165) is 32.1 Å². The van der Waals surface area contributed by atoms with Gasteiger partial charge in [-0.3, -0.25) is 19.2 Å². The summed E-state index contributed by atoms with van der Waals surface area (Å²) in [4.78, 5) is 80.2. The molecular formula is C32H51N5O7. The summed E-state index contributed by atoms with van der Waals surface area (Å²) in [5, 5.41) is 8.29. The molecule has 5 N–H and O–H groups in total. The van der Waals surface area contributed by atoms with Crippen molar-refractivity contribution in [2.24, 2.45) is 39.7 Å². The number of esters is 1. The number of hydrogen-bond acceptors (Lipinski definition) is 7. The zero-order chi connectivity index (χ0) is 32.9. The number of nitrogens with zero attached hydrogens (tertiary/aromatic N) is 1. The number of ketones is 1. The second-order valence-electron chi connectivity index (χ2n) is 16.1. The Hall–Kier alpha value is -3.18. The van der Waals surface area contributed by atoms with Crippen LogP contribution in [0, 0.1) is 34.0 Å². The maximum atomic E-state index is 14.2. The predicted molar refractivity (Wildman–Crippen MR) is 162 cm³/mol. The Morgan fingerprint density at radius 1 is 0.886 bits per heavy atom. The van der Waals surface area contributed by atoms with Gasteiger partial charge >= 0.3 is 12.0 Å². The van der Waals surface area contributed by atoms with E-state index in [1.807, 2.05) is 55.4 Å². The molecule has 3 saturated carbocycles. The highest BCUT2D eigenvalue weighted by atomic mass is 16.5. The van der Waals surface area contributed by atoms with Crippen LogP contribution in [0.5, 0.6) is 0 Å². The van der Waals surface area contributed by atoms with Crippen LogP contribution in [-0.4, -0.2) is 77.2 Å². The third kappa shape index (κ3) is 7.20. The van der Waals surface area contributed by atoms with E-state index in [2.05, 4.69) is 16.0 Å². The second-order valence-corrected chi connectivity index (χ2v) is 16.1. The Bertz CT molecular complexity index is 1190. The summed E-state index contributed by atoms with van der Waals surface area (Å²) < 4.78 is 5.59. The summed E-state index contributed by atoms with van der Waals surface area (Å²) in [5.41, 5.74) is 3.69. The van der Waals surface area contributed by atoms with Crippen molar-refractivity contribution < 1.29 is 33.5 Å². The number of carbonyl (C=O) groups excluding carboxylic acids is 6. The summed E-state index contributed by atoms with van der Waals surface area (Å²) in [7, 11) is 0. The molecule has 1 aliphatic heterocycles. The number of fused-ring (bicyclic) bond motifs is 1. The molecule has 4 aliphatic rings. The highest BCUT2D eigenvalue weighted by molar-refractivity contribution is 6.37. The normalized spacial score (nSPS) is 26.3. The van der Waals surface area contributed by atoms with Crippen LogP contribution in [0.2, 0.25) is 0 Å². The molecule has 246 valence electrons. The maximum absolute atomic E-state index is 14.2. The average Bonchev–Trinajstić information content (AvgIpc) is 3.72. The largest absolute Gasteiger partial charge is 0.461 e. The fraction of sp³-hybridized carbons (Fsp3) is 0.812. The van der Waals surface area contributed by atoms with Crippen molar-refractivity contribution in [3.05, 3.63) is 0 Å². The van der Waals surface area contributed by atoms with E-state index in [9.17, 15) is 28.8 Å². The maximum Gasteiger partial charge on any atom is 0.329 e. The van der Waals surface area contributed by atoms with Crippen LogP contribution in [0.1, 0.15) is 93.9 Å². The second kappa shape index (κ2) is 12.0. The van der Waals surface area contributed by atoms with E-state index in [-0.39, 0.29) is 29.3 Å². The quantitative estimate of drug-likeness (QED) is 0.202. The van der Waals surface area contributed by atoms with Crippen molar-refractivity contribution in [2.75, 3.05) is 6.54 Å². The van der Waals surface area contributed by atoms with Crippen LogP contribution < -0.4 is 21.7 Å². The number of Topliss-reactive ketones (excluding diaryl/α,β-unsaturated/α-hetero) is 1. The molecule has 12 heteroatoms. The van der Waals surface area contributed by atoms with Crippen molar-refractivity contribution in [1.29, 1.82) is 0 Å². The van der Waals surface area contributed by atoms with Gasteiger partial charge in [0.25, 0.3) is 5.91 Å². The molecule has 6 atom stereocenters. The summed E-state index contributed by atoms with van der Waals surface area (Å²) in [6, 6.07) is -4.58. The van der Waals surface area contributed by atoms with Gasteiger partial charge < -0.3 is 31.3 Å². The van der Waals surface area contributed by atoms with E-state index in [1.165, 1.54) is 4.90 Å². The summed E-state index contributed by atoms with van der Waals surface area (Å²) in [6.07, 6.45) is 4.62. The van der Waals surface area contributed by atoms with Gasteiger partial charge in [-0.1, -0.05) is 68.2 Å². The average molecular weight is 618 g/mol. The molecule has 4 rings (SSSR count). The first-order valence-electron chi connectivity index (χ1n) is 16.0. The number of piperidine rings is 1. The number of amides is 5. The fourth-order valence-electron chi connectivity index (χ4n) is 6.63. The van der Waals surface area contributed by atoms with Gasteiger partial charge in [0.15, 0.2) is 0 Å². The number of nitrogens with two attached hydrogens (primary N) is 1. The SMILES string of the molecule is CC(C)(C)[C@H](NC(=O)N[C@H](C(=O)N1C[C@H]2[C@@H]([C@H]1C(=O)NC(CC1CC1)C(=O)C(N)=O)C2(C)C)C(C)(C)C)C(=O)OC1CCC1. The van der Waals surface area contributed by atoms with Gasteiger partial charge in [-0.15, -0.1) is 0 Å². The van der Waals surface area contributed by atoms with Crippen molar-refractivity contribution in [3.63, 3.8) is 0 Å². The monoisotopic (exact) mass is 617 g/mol. The van der Waals surface area contributed by atoms with Gasteiger partial charge in [0.2, 0.25) is 17.6 Å². The van der Waals surface area contributed by atoms with Gasteiger partial charge in [0.05, 0.1) is 6.04 Å². The fourth-order valence-corrected chi connectivity index (χ4v) is 6.63. The molecule has 1 unspecified atom stereocenters. The molecule has 1 saturated heterocycles. The van der Waals surface area contributed by atoms with Crippen molar-refractivity contribution >= 4 is 35.5 Å². The highest BCUT2D eigenvalue weighted by Gasteiger charge is 2.70. The zero-order valence-electron chi connectivity index (χ0n) is 27.5. The van der Waals surface area contributed by atoms with Crippen LogP contribution in [-0.2, 0) is 28.7 Å². The lowest BCUT2D eigenvalue weighted by atomic mass is 9.85. The summed E-state index contributed by atoms with van der Waals surface area (Å²) in [6.45, 7) is 15.3. The lowest BCUT2D eigenvalue weighted by Gasteiger charge is -2.38. The number of urea groups is 1. The van der Waals surface area contributed by atoms with Gasteiger partial charge in [0, 0.05) is 6.54 Å². The van der Waals surface area contributed by atoms with Crippen LogP contribution >= 0.6 is 0 Å². The first-order chi connectivity index (χ1) is 20.2. The van der Waals surface area contributed by atoms with Crippen LogP contribution in [0.15, 0.2) is 0 Å². The molecule has 5 amide bonds. The third-order valence-corrected chi connectivity index (χ3v) is 10.0. The minimum Gasteiger partial charge on any atom is -0.461 e. The molecule has 0 aromatic carbocycles. The molecule has 0 aromatic rings. The van der Waals surface area contributed by atoms with Gasteiger partial charge in [-0.2, -0.15) is 0 Å². The van der Waals surface area contributed by atoms with Crippen LogP contribution in [0.4, 0.5) is 4.79 Å². The molecule has 44 heavy (non-hydrogen) atoms. The topological polar surface area (TPSA) is 177 Å². The van der Waals surface area contributed by atoms with Gasteiger partial charge in [-0.05, 0) is 59.7 Å². The molecule has 1 heterocycles. The Kier molecular flexibility index (Phi) is 9.17. The first kappa shape index (κ1) is 33.7. The van der Waals surface area contributed by atoms with Crippen molar-refractivity contribution in [2.45, 2.75) is 124 Å². The molecule has 3 aliphatic carbocycles. The zero-order valence-corrected chi connectivity index (χ0v) is 27.5. The lowest BCUT2D eigenvalue weighted by molar-refractivity contribution is -0.158. The Morgan fingerprint density at radius 2 is 1.45 bits per heavy atom. The summed E-state index contributed by atoms with van der Waals surface area (Å²) in [5.74, 6) is -3.22. The number of carbonyl (C=O) groups is 6. The van der Waals surface area contributed by atoms with Crippen LogP contribution in [0.3, 0.4) is 0 Å². The summed E-state index contributed by atoms with van der Waals surface area (Å²) >= 11 is 0. The Labute approximate surface area is 260 Å². The van der Waals surface area contributed by atoms with E-state index in [1.54, 1.807) is 0 Å². The Balaban J connectivity index is 1.51. The Morgan fingerprint density at radius 3 is 1.93 bits per heavy atom. The first-order valence-corrected chi connectivity index (χ1v) is 16.0. The third-order valence-electron chi connectivity index (χ3n) is 10.0. The molecule has 0 bridgehead atoms. The number of ether oxygens (including phenoxy) is 1. The van der Waals surface area contributed by atoms with Gasteiger partial charge in [-0.25, -0.2) is 9.59 Å². The van der Waals surface area contributed by atoms with E-state index >= 15 is 0 Å². The molecule has 0 spiro atoms. The van der Waals surface area contributed by atoms with E-state index < -0.39 is 70.5 Å². The number of primary amides is 1. The minimum atomic E-state index is -1.10. The van der Waals surface area contributed by atoms with E-state index in [0.29, 0.717) is 13.0 Å². The minimum absolute atomic E-state index is 0.0666. The van der Waals surface area contributed by atoms with Gasteiger partial charge in [0.1, 0.15) is 24.2 Å². The number of rotatable bonds is 11. The highest BCUT2D eigenvalue weighted by Crippen LogP contribution is 2.65. The lowest BCUT2D eigenvalue weighted by Crippen LogP contribution is -2.62. The predicted octanol–water partition coefficient (Wildman–Crippen LogP) is 2.03. The van der Waals surface area contributed by atoms with Crippen molar-refractivity contribution in [3.8, 4) is 0 Å². The molecule has 4 fully saturated rings. The van der Waals surface area contributed by atoms with E-state index in [4.69, 9.17) is 10.5 Å². The molecule has 12 nitrogen and oxygen atoms in total. The number of likely N-dealkylation sites (tertiary alicyclic amines) is 1.